The molecule has 0 heterocycles. The van der Waals surface area contributed by atoms with Gasteiger partial charge in [-0.25, -0.2) is 0 Å². The summed E-state index contributed by atoms with van der Waals surface area (Å²) in [7, 11) is 0. The highest BCUT2D eigenvalue weighted by Gasteiger charge is 2.09. The first-order valence-corrected chi connectivity index (χ1v) is 7.54. The van der Waals surface area contributed by atoms with Crippen LogP contribution in [0.25, 0.3) is 0 Å². The molecule has 0 radical (unpaired) electrons. The van der Waals surface area contributed by atoms with Crippen LogP contribution in [0.4, 0.5) is 17.1 Å². The number of hydrogen-bond acceptors (Lipinski definition) is 3. The maximum absolute atomic E-state index is 11.9. The van der Waals surface area contributed by atoms with Crippen LogP contribution in [0.15, 0.2) is 36.4 Å². The SMILES string of the molecule is CC(C)NC(=O)c1ccc(Nc2cc(Cl)cc(Cl)c2)c(N)c1. The monoisotopic (exact) mass is 337 g/mol. The Balaban J connectivity index is 2.21. The van der Waals surface area contributed by atoms with E-state index in [-0.39, 0.29) is 11.9 Å². The van der Waals surface area contributed by atoms with E-state index >= 15 is 0 Å². The number of carbonyl (C=O) groups is 1. The van der Waals surface area contributed by atoms with Crippen molar-refractivity contribution in [3.05, 3.63) is 52.0 Å². The van der Waals surface area contributed by atoms with Gasteiger partial charge in [0, 0.05) is 27.3 Å². The molecule has 0 aromatic heterocycles. The third-order valence-corrected chi connectivity index (χ3v) is 3.31. The number of nitrogen functional groups attached to an aromatic ring is 1. The molecule has 0 aliphatic rings. The van der Waals surface area contributed by atoms with E-state index in [2.05, 4.69) is 10.6 Å². The first-order chi connectivity index (χ1) is 10.3. The zero-order valence-corrected chi connectivity index (χ0v) is 13.8. The molecule has 0 aliphatic heterocycles. The number of nitrogens with one attached hydrogen (secondary N) is 2. The Morgan fingerprint density at radius 1 is 1.09 bits per heavy atom. The van der Waals surface area contributed by atoms with E-state index in [1.807, 2.05) is 13.8 Å². The molecule has 0 aliphatic carbocycles. The van der Waals surface area contributed by atoms with Crippen molar-refractivity contribution < 1.29 is 4.79 Å². The fourth-order valence-corrected chi connectivity index (χ4v) is 2.47. The van der Waals surface area contributed by atoms with Crippen LogP contribution in [0, 0.1) is 0 Å². The summed E-state index contributed by atoms with van der Waals surface area (Å²) in [5.41, 5.74) is 8.39. The second-order valence-corrected chi connectivity index (χ2v) is 6.09. The number of nitrogens with two attached hydrogens (primary N) is 1. The second kappa shape index (κ2) is 6.90. The van der Waals surface area contributed by atoms with Gasteiger partial charge >= 0.3 is 0 Å². The Kier molecular flexibility index (Phi) is 5.16. The molecule has 0 saturated carbocycles. The average Bonchev–Trinajstić information content (AvgIpc) is 2.39. The molecule has 6 heteroatoms. The fraction of sp³-hybridized carbons (Fsp3) is 0.188. The molecule has 2 aromatic rings. The minimum atomic E-state index is -0.154. The summed E-state index contributed by atoms with van der Waals surface area (Å²) in [6, 6.07) is 10.3. The van der Waals surface area contributed by atoms with Crippen LogP contribution in [0.3, 0.4) is 0 Å². The van der Waals surface area contributed by atoms with Gasteiger partial charge in [-0.15, -0.1) is 0 Å². The van der Waals surface area contributed by atoms with Crippen LogP contribution in [0.2, 0.25) is 10.0 Å². The number of amides is 1. The van der Waals surface area contributed by atoms with Gasteiger partial charge in [-0.2, -0.15) is 0 Å². The molecule has 4 nitrogen and oxygen atoms in total. The maximum Gasteiger partial charge on any atom is 0.251 e. The maximum atomic E-state index is 11.9. The van der Waals surface area contributed by atoms with Gasteiger partial charge in [-0.05, 0) is 50.2 Å². The van der Waals surface area contributed by atoms with Crippen molar-refractivity contribution in [3.63, 3.8) is 0 Å². The predicted molar refractivity (Wildman–Crippen MR) is 93.2 cm³/mol. The van der Waals surface area contributed by atoms with Crippen LogP contribution >= 0.6 is 23.2 Å². The van der Waals surface area contributed by atoms with Crippen molar-refractivity contribution in [2.75, 3.05) is 11.1 Å². The number of carbonyl (C=O) groups excluding carboxylic acids is 1. The van der Waals surface area contributed by atoms with Gasteiger partial charge < -0.3 is 16.4 Å². The molecule has 4 N–H and O–H groups in total. The number of rotatable bonds is 4. The summed E-state index contributed by atoms with van der Waals surface area (Å²) in [4.78, 5) is 11.9. The van der Waals surface area contributed by atoms with E-state index in [1.54, 1.807) is 36.4 Å². The minimum absolute atomic E-state index is 0.0696. The second-order valence-electron chi connectivity index (χ2n) is 5.21. The molecule has 0 unspecified atom stereocenters. The smallest absolute Gasteiger partial charge is 0.251 e. The molecule has 0 bridgehead atoms. The standard InChI is InChI=1S/C16H17Cl2N3O/c1-9(2)20-16(22)10-3-4-15(14(19)5-10)21-13-7-11(17)6-12(18)8-13/h3-9,21H,19H2,1-2H3,(H,20,22). The molecule has 1 amide bonds. The summed E-state index contributed by atoms with van der Waals surface area (Å²) in [6.07, 6.45) is 0. The van der Waals surface area contributed by atoms with Crippen LogP contribution in [0.1, 0.15) is 24.2 Å². The molecular weight excluding hydrogens is 321 g/mol. The molecule has 2 aromatic carbocycles. The Morgan fingerprint density at radius 3 is 2.27 bits per heavy atom. The van der Waals surface area contributed by atoms with Gasteiger partial charge in [-0.1, -0.05) is 23.2 Å². The van der Waals surface area contributed by atoms with E-state index in [1.165, 1.54) is 0 Å². The molecule has 0 fully saturated rings. The number of anilines is 3. The molecular formula is C16H17Cl2N3O. The van der Waals surface area contributed by atoms with E-state index in [9.17, 15) is 4.79 Å². The summed E-state index contributed by atoms with van der Waals surface area (Å²) in [5.74, 6) is -0.154. The number of benzene rings is 2. The third kappa shape index (κ3) is 4.29. The molecule has 0 saturated heterocycles. The Hall–Kier alpha value is -1.91. The number of hydrogen-bond donors (Lipinski definition) is 3. The minimum Gasteiger partial charge on any atom is -0.397 e. The predicted octanol–water partition coefficient (Wildman–Crippen LogP) is 4.46. The molecule has 116 valence electrons. The lowest BCUT2D eigenvalue weighted by Gasteiger charge is -2.13. The lowest BCUT2D eigenvalue weighted by atomic mass is 10.1. The Labute approximate surface area is 139 Å². The number of halogens is 2. The average molecular weight is 338 g/mol. The van der Waals surface area contributed by atoms with Crippen molar-refractivity contribution in [2.24, 2.45) is 0 Å². The highest BCUT2D eigenvalue weighted by atomic mass is 35.5. The topological polar surface area (TPSA) is 67.2 Å². The van der Waals surface area contributed by atoms with Crippen molar-refractivity contribution >= 4 is 46.2 Å². The van der Waals surface area contributed by atoms with Crippen molar-refractivity contribution in [2.45, 2.75) is 19.9 Å². The normalized spacial score (nSPS) is 10.6. The first kappa shape index (κ1) is 16.5. The third-order valence-electron chi connectivity index (χ3n) is 2.88. The quantitative estimate of drug-likeness (QED) is 0.721. The highest BCUT2D eigenvalue weighted by molar-refractivity contribution is 6.35. The van der Waals surface area contributed by atoms with Gasteiger partial charge in [0.05, 0.1) is 11.4 Å². The highest BCUT2D eigenvalue weighted by Crippen LogP contribution is 2.28. The Morgan fingerprint density at radius 2 is 1.73 bits per heavy atom. The summed E-state index contributed by atoms with van der Waals surface area (Å²) >= 11 is 11.9. The van der Waals surface area contributed by atoms with E-state index in [0.29, 0.717) is 27.0 Å². The van der Waals surface area contributed by atoms with Gasteiger partial charge in [0.15, 0.2) is 0 Å². The van der Waals surface area contributed by atoms with Crippen LogP contribution in [-0.2, 0) is 0 Å². The Bertz CT molecular complexity index is 682. The van der Waals surface area contributed by atoms with Gasteiger partial charge in [0.25, 0.3) is 5.91 Å². The summed E-state index contributed by atoms with van der Waals surface area (Å²) in [5, 5.41) is 7.01. The zero-order valence-electron chi connectivity index (χ0n) is 12.3. The largest absolute Gasteiger partial charge is 0.397 e. The van der Waals surface area contributed by atoms with Crippen LogP contribution < -0.4 is 16.4 Å². The summed E-state index contributed by atoms with van der Waals surface area (Å²) < 4.78 is 0. The summed E-state index contributed by atoms with van der Waals surface area (Å²) in [6.45, 7) is 3.81. The van der Waals surface area contributed by atoms with Crippen molar-refractivity contribution in [1.29, 1.82) is 0 Å². The van der Waals surface area contributed by atoms with E-state index in [4.69, 9.17) is 28.9 Å². The molecule has 22 heavy (non-hydrogen) atoms. The lowest BCUT2D eigenvalue weighted by Crippen LogP contribution is -2.30. The lowest BCUT2D eigenvalue weighted by molar-refractivity contribution is 0.0943. The molecule has 0 spiro atoms. The first-order valence-electron chi connectivity index (χ1n) is 6.78. The zero-order chi connectivity index (χ0) is 16.3. The van der Waals surface area contributed by atoms with Crippen molar-refractivity contribution in [1.82, 2.24) is 5.32 Å². The molecule has 0 atom stereocenters. The van der Waals surface area contributed by atoms with Gasteiger partial charge in [-0.3, -0.25) is 4.79 Å². The van der Waals surface area contributed by atoms with Crippen molar-refractivity contribution in [3.8, 4) is 0 Å². The van der Waals surface area contributed by atoms with Crippen LogP contribution in [-0.4, -0.2) is 11.9 Å². The molecule has 2 rings (SSSR count). The van der Waals surface area contributed by atoms with Gasteiger partial charge in [0.1, 0.15) is 0 Å². The van der Waals surface area contributed by atoms with E-state index in [0.717, 1.165) is 5.69 Å². The van der Waals surface area contributed by atoms with E-state index < -0.39 is 0 Å². The fourth-order valence-electron chi connectivity index (χ4n) is 1.94. The van der Waals surface area contributed by atoms with Gasteiger partial charge in [0.2, 0.25) is 0 Å². The van der Waals surface area contributed by atoms with Crippen LogP contribution in [0.5, 0.6) is 0 Å².